The first-order valence-corrected chi connectivity index (χ1v) is 8.32. The van der Waals surface area contributed by atoms with E-state index in [-0.39, 0.29) is 12.9 Å². The SMILES string of the molecule is CCOC(COc1ccccc1)OCC.O=CCOc1ccccc1. The molecule has 0 aliphatic heterocycles. The van der Waals surface area contributed by atoms with Crippen molar-refractivity contribution in [3.8, 4) is 11.5 Å². The molecule has 0 saturated carbocycles. The highest BCUT2D eigenvalue weighted by Gasteiger charge is 2.08. The summed E-state index contributed by atoms with van der Waals surface area (Å²) in [6, 6.07) is 18.9. The summed E-state index contributed by atoms with van der Waals surface area (Å²) in [5, 5.41) is 0. The van der Waals surface area contributed by atoms with Gasteiger partial charge in [-0.2, -0.15) is 0 Å². The summed E-state index contributed by atoms with van der Waals surface area (Å²) in [7, 11) is 0. The Kier molecular flexibility index (Phi) is 11.6. The van der Waals surface area contributed by atoms with E-state index in [0.717, 1.165) is 17.8 Å². The predicted octanol–water partition coefficient (Wildman–Crippen LogP) is 3.73. The van der Waals surface area contributed by atoms with Crippen LogP contribution in [-0.2, 0) is 14.3 Å². The van der Waals surface area contributed by atoms with Crippen molar-refractivity contribution in [3.63, 3.8) is 0 Å². The molecule has 0 atom stereocenters. The van der Waals surface area contributed by atoms with Gasteiger partial charge in [-0.15, -0.1) is 0 Å². The number of carbonyl (C=O) groups is 1. The zero-order chi connectivity index (χ0) is 18.2. The maximum Gasteiger partial charge on any atom is 0.191 e. The molecule has 0 amide bonds. The topological polar surface area (TPSA) is 54.0 Å². The second kappa shape index (κ2) is 14.0. The van der Waals surface area contributed by atoms with Gasteiger partial charge in [-0.05, 0) is 38.1 Å². The van der Waals surface area contributed by atoms with Crippen LogP contribution in [0.3, 0.4) is 0 Å². The summed E-state index contributed by atoms with van der Waals surface area (Å²) in [6.07, 6.45) is 0.452. The molecule has 0 saturated heterocycles. The second-order valence-electron chi connectivity index (χ2n) is 4.76. The summed E-state index contributed by atoms with van der Waals surface area (Å²) < 4.78 is 21.2. The lowest BCUT2D eigenvalue weighted by Gasteiger charge is -2.17. The third-order valence-electron chi connectivity index (χ3n) is 2.90. The van der Waals surface area contributed by atoms with Crippen LogP contribution in [0.2, 0.25) is 0 Å². The monoisotopic (exact) mass is 346 g/mol. The van der Waals surface area contributed by atoms with Crippen molar-refractivity contribution >= 4 is 6.29 Å². The van der Waals surface area contributed by atoms with Gasteiger partial charge in [0.25, 0.3) is 0 Å². The molecule has 0 unspecified atom stereocenters. The molecule has 0 N–H and O–H groups in total. The van der Waals surface area contributed by atoms with Crippen molar-refractivity contribution < 1.29 is 23.7 Å². The minimum Gasteiger partial charge on any atom is -0.488 e. The van der Waals surface area contributed by atoms with Gasteiger partial charge in [-0.1, -0.05) is 36.4 Å². The molecule has 0 bridgehead atoms. The Balaban J connectivity index is 0.000000271. The first kappa shape index (κ1) is 20.7. The number of benzene rings is 2. The van der Waals surface area contributed by atoms with Crippen LogP contribution < -0.4 is 9.47 Å². The van der Waals surface area contributed by atoms with Gasteiger partial charge in [-0.25, -0.2) is 0 Å². The number of hydrogen-bond acceptors (Lipinski definition) is 5. The van der Waals surface area contributed by atoms with Crippen LogP contribution >= 0.6 is 0 Å². The minimum absolute atomic E-state index is 0.129. The second-order valence-corrected chi connectivity index (χ2v) is 4.76. The van der Waals surface area contributed by atoms with Crippen LogP contribution in [0.1, 0.15) is 13.8 Å². The summed E-state index contributed by atoms with van der Waals surface area (Å²) in [4.78, 5) is 9.85. The number of para-hydroxylation sites is 2. The first-order valence-electron chi connectivity index (χ1n) is 8.32. The van der Waals surface area contributed by atoms with Crippen LogP contribution in [0.4, 0.5) is 0 Å². The third kappa shape index (κ3) is 10.2. The average molecular weight is 346 g/mol. The molecule has 2 aromatic rings. The van der Waals surface area contributed by atoms with Crippen molar-refractivity contribution in [1.29, 1.82) is 0 Å². The zero-order valence-corrected chi connectivity index (χ0v) is 14.8. The molecular formula is C20H26O5. The van der Waals surface area contributed by atoms with Crippen LogP contribution in [-0.4, -0.2) is 39.0 Å². The summed E-state index contributed by atoms with van der Waals surface area (Å²) in [6.45, 7) is 5.68. The van der Waals surface area contributed by atoms with E-state index >= 15 is 0 Å². The van der Waals surface area contributed by atoms with Gasteiger partial charge in [0.1, 0.15) is 24.7 Å². The molecule has 5 heteroatoms. The minimum atomic E-state index is -0.278. The quantitative estimate of drug-likeness (QED) is 0.485. The summed E-state index contributed by atoms with van der Waals surface area (Å²) in [5.41, 5.74) is 0. The number of aldehydes is 1. The lowest BCUT2D eigenvalue weighted by atomic mass is 10.3. The molecule has 0 fully saturated rings. The van der Waals surface area contributed by atoms with Gasteiger partial charge in [0.05, 0.1) is 0 Å². The Bertz CT molecular complexity index is 539. The standard InChI is InChI=1S/C12H18O3.C8H8O2/c1-3-13-12(14-4-2)10-15-11-8-6-5-7-9-11;9-6-7-10-8-4-2-1-3-5-8/h5-9,12H,3-4,10H2,1-2H3;1-6H,7H2. The molecule has 2 rings (SSSR count). The molecule has 136 valence electrons. The normalized spacial score (nSPS) is 9.88. The van der Waals surface area contributed by atoms with Gasteiger partial charge < -0.3 is 18.9 Å². The van der Waals surface area contributed by atoms with Crippen molar-refractivity contribution in [3.05, 3.63) is 60.7 Å². The highest BCUT2D eigenvalue weighted by Crippen LogP contribution is 2.09. The van der Waals surface area contributed by atoms with Crippen LogP contribution in [0.5, 0.6) is 11.5 Å². The smallest absolute Gasteiger partial charge is 0.191 e. The summed E-state index contributed by atoms with van der Waals surface area (Å²) in [5.74, 6) is 1.57. The molecule has 0 aliphatic carbocycles. The van der Waals surface area contributed by atoms with Gasteiger partial charge in [0.2, 0.25) is 0 Å². The van der Waals surface area contributed by atoms with E-state index in [4.69, 9.17) is 18.9 Å². The van der Waals surface area contributed by atoms with Crippen molar-refractivity contribution in [2.24, 2.45) is 0 Å². The zero-order valence-electron chi connectivity index (χ0n) is 14.8. The Hall–Kier alpha value is -2.37. The first-order chi connectivity index (χ1) is 12.3. The molecule has 0 aromatic heterocycles. The molecule has 0 spiro atoms. The van der Waals surface area contributed by atoms with Crippen LogP contribution in [0.25, 0.3) is 0 Å². The van der Waals surface area contributed by atoms with E-state index in [9.17, 15) is 4.79 Å². The molecule has 0 heterocycles. The fraction of sp³-hybridized carbons (Fsp3) is 0.350. The van der Waals surface area contributed by atoms with E-state index in [1.165, 1.54) is 0 Å². The maximum absolute atomic E-state index is 9.85. The van der Waals surface area contributed by atoms with Crippen molar-refractivity contribution in [2.75, 3.05) is 26.4 Å². The third-order valence-corrected chi connectivity index (χ3v) is 2.90. The number of rotatable bonds is 10. The van der Waals surface area contributed by atoms with E-state index in [1.54, 1.807) is 0 Å². The maximum atomic E-state index is 9.85. The lowest BCUT2D eigenvalue weighted by molar-refractivity contribution is -0.152. The average Bonchev–Trinajstić information content (AvgIpc) is 2.67. The largest absolute Gasteiger partial charge is 0.488 e. The van der Waals surface area contributed by atoms with Gasteiger partial charge in [-0.3, -0.25) is 4.79 Å². The highest BCUT2D eigenvalue weighted by molar-refractivity contribution is 5.51. The predicted molar refractivity (Wildman–Crippen MR) is 97.0 cm³/mol. The molecule has 0 radical (unpaired) electrons. The van der Waals surface area contributed by atoms with Gasteiger partial charge in [0.15, 0.2) is 12.6 Å². The van der Waals surface area contributed by atoms with E-state index < -0.39 is 0 Å². The molecule has 25 heavy (non-hydrogen) atoms. The Morgan fingerprint density at radius 1 is 0.800 bits per heavy atom. The molecular weight excluding hydrogens is 320 g/mol. The van der Waals surface area contributed by atoms with E-state index in [0.29, 0.717) is 19.8 Å². The van der Waals surface area contributed by atoms with Crippen molar-refractivity contribution in [2.45, 2.75) is 20.1 Å². The molecule has 2 aromatic carbocycles. The van der Waals surface area contributed by atoms with Gasteiger partial charge in [0, 0.05) is 13.2 Å². The lowest BCUT2D eigenvalue weighted by Crippen LogP contribution is -2.25. The van der Waals surface area contributed by atoms with E-state index in [1.807, 2.05) is 74.5 Å². The summed E-state index contributed by atoms with van der Waals surface area (Å²) >= 11 is 0. The van der Waals surface area contributed by atoms with Gasteiger partial charge >= 0.3 is 0 Å². The van der Waals surface area contributed by atoms with Crippen molar-refractivity contribution in [1.82, 2.24) is 0 Å². The molecule has 5 nitrogen and oxygen atoms in total. The molecule has 0 aliphatic rings. The Morgan fingerprint density at radius 3 is 1.72 bits per heavy atom. The number of hydrogen-bond donors (Lipinski definition) is 0. The van der Waals surface area contributed by atoms with Crippen LogP contribution in [0.15, 0.2) is 60.7 Å². The van der Waals surface area contributed by atoms with E-state index in [2.05, 4.69) is 0 Å². The number of ether oxygens (including phenoxy) is 4. The Morgan fingerprint density at radius 2 is 1.28 bits per heavy atom. The Labute approximate surface area is 149 Å². The fourth-order valence-corrected chi connectivity index (χ4v) is 1.84. The van der Waals surface area contributed by atoms with Crippen LogP contribution in [0, 0.1) is 0 Å². The highest BCUT2D eigenvalue weighted by atomic mass is 16.7. The fourth-order valence-electron chi connectivity index (χ4n) is 1.84. The number of carbonyl (C=O) groups excluding carboxylic acids is 1.